The number of piperazine rings is 1. The number of benzene rings is 1. The topological polar surface area (TPSA) is 40.9 Å². The highest BCUT2D eigenvalue weighted by Gasteiger charge is 2.22. The fourth-order valence-corrected chi connectivity index (χ4v) is 3.29. The minimum Gasteiger partial charge on any atom is -0.336 e. The highest BCUT2D eigenvalue weighted by molar-refractivity contribution is 5.94. The summed E-state index contributed by atoms with van der Waals surface area (Å²) in [4.78, 5) is 16.9. The Hall–Kier alpha value is -2.66. The molecule has 0 N–H and O–H groups in total. The van der Waals surface area contributed by atoms with Gasteiger partial charge in [-0.1, -0.05) is 23.8 Å². The molecule has 3 heterocycles. The fourth-order valence-electron chi connectivity index (χ4n) is 3.29. The smallest absolute Gasteiger partial charge is 0.253 e. The molecule has 25 heavy (non-hydrogen) atoms. The lowest BCUT2D eigenvalue weighted by Crippen LogP contribution is -2.48. The first kappa shape index (κ1) is 15.8. The van der Waals surface area contributed by atoms with E-state index in [1.807, 2.05) is 58.9 Å². The number of aromatic nitrogens is 2. The van der Waals surface area contributed by atoms with Crippen LogP contribution in [0.1, 0.15) is 21.6 Å². The van der Waals surface area contributed by atoms with Crippen molar-refractivity contribution in [3.05, 3.63) is 71.5 Å². The number of amides is 1. The molecule has 0 spiro atoms. The zero-order valence-electron chi connectivity index (χ0n) is 14.4. The van der Waals surface area contributed by atoms with Crippen LogP contribution in [0.4, 0.5) is 0 Å². The summed E-state index contributed by atoms with van der Waals surface area (Å²) in [5.74, 6) is 0.132. The van der Waals surface area contributed by atoms with Crippen LogP contribution in [0.2, 0.25) is 0 Å². The van der Waals surface area contributed by atoms with Crippen molar-refractivity contribution in [3.8, 4) is 0 Å². The molecule has 1 fully saturated rings. The van der Waals surface area contributed by atoms with E-state index in [1.165, 1.54) is 5.56 Å². The largest absolute Gasteiger partial charge is 0.336 e. The van der Waals surface area contributed by atoms with Crippen molar-refractivity contribution in [1.82, 2.24) is 19.4 Å². The van der Waals surface area contributed by atoms with Crippen LogP contribution in [0.5, 0.6) is 0 Å². The molecule has 1 aliphatic rings. The molecular weight excluding hydrogens is 312 g/mol. The van der Waals surface area contributed by atoms with Crippen molar-refractivity contribution in [3.63, 3.8) is 0 Å². The Morgan fingerprint density at radius 1 is 1.04 bits per heavy atom. The average molecular weight is 334 g/mol. The summed E-state index contributed by atoms with van der Waals surface area (Å²) < 4.78 is 1.91. The van der Waals surface area contributed by atoms with Gasteiger partial charge in [-0.3, -0.25) is 9.69 Å². The summed E-state index contributed by atoms with van der Waals surface area (Å²) in [5.41, 5.74) is 4.14. The Labute approximate surface area is 147 Å². The summed E-state index contributed by atoms with van der Waals surface area (Å²) in [6.07, 6.45) is 1.97. The van der Waals surface area contributed by atoms with Crippen molar-refractivity contribution in [2.45, 2.75) is 13.5 Å². The van der Waals surface area contributed by atoms with E-state index >= 15 is 0 Å². The molecule has 0 aliphatic carbocycles. The molecule has 0 saturated carbocycles. The van der Waals surface area contributed by atoms with Gasteiger partial charge in [-0.2, -0.15) is 5.10 Å². The van der Waals surface area contributed by atoms with Crippen molar-refractivity contribution < 1.29 is 4.79 Å². The zero-order chi connectivity index (χ0) is 17.2. The Bertz CT molecular complexity index is 843. The number of carbonyl (C=O) groups is 1. The van der Waals surface area contributed by atoms with E-state index in [2.05, 4.69) is 22.1 Å². The van der Waals surface area contributed by atoms with Gasteiger partial charge < -0.3 is 4.90 Å². The number of hydrogen-bond acceptors (Lipinski definition) is 3. The monoisotopic (exact) mass is 334 g/mol. The quantitative estimate of drug-likeness (QED) is 0.739. The molecule has 3 aromatic rings. The van der Waals surface area contributed by atoms with Gasteiger partial charge in [0, 0.05) is 44.5 Å². The third-order valence-electron chi connectivity index (χ3n) is 4.76. The second kappa shape index (κ2) is 6.69. The lowest BCUT2D eigenvalue weighted by molar-refractivity contribution is 0.0627. The minimum atomic E-state index is 0.132. The van der Waals surface area contributed by atoms with Crippen LogP contribution in [-0.2, 0) is 6.54 Å². The van der Waals surface area contributed by atoms with E-state index in [4.69, 9.17) is 0 Å². The molecule has 0 unspecified atom stereocenters. The Morgan fingerprint density at radius 2 is 1.80 bits per heavy atom. The van der Waals surface area contributed by atoms with Gasteiger partial charge in [0.15, 0.2) is 0 Å². The van der Waals surface area contributed by atoms with Crippen LogP contribution in [0.25, 0.3) is 5.52 Å². The highest BCUT2D eigenvalue weighted by Crippen LogP contribution is 2.13. The van der Waals surface area contributed by atoms with Gasteiger partial charge in [0.1, 0.15) is 0 Å². The van der Waals surface area contributed by atoms with Crippen molar-refractivity contribution in [1.29, 1.82) is 0 Å². The second-order valence-electron chi connectivity index (χ2n) is 6.64. The number of hydrogen-bond donors (Lipinski definition) is 0. The van der Waals surface area contributed by atoms with E-state index in [9.17, 15) is 4.79 Å². The van der Waals surface area contributed by atoms with Crippen LogP contribution >= 0.6 is 0 Å². The molecule has 0 radical (unpaired) electrons. The highest BCUT2D eigenvalue weighted by atomic mass is 16.2. The zero-order valence-corrected chi connectivity index (χ0v) is 14.4. The number of rotatable bonds is 3. The fraction of sp³-hybridized carbons (Fsp3) is 0.300. The first-order chi connectivity index (χ1) is 12.2. The molecule has 2 aromatic heterocycles. The number of fused-ring (bicyclic) bond motifs is 1. The van der Waals surface area contributed by atoms with E-state index in [0.29, 0.717) is 0 Å². The number of nitrogens with zero attached hydrogens (tertiary/aromatic N) is 4. The summed E-state index contributed by atoms with van der Waals surface area (Å²) in [5, 5.41) is 4.61. The maximum absolute atomic E-state index is 12.6. The lowest BCUT2D eigenvalue weighted by atomic mass is 10.1. The first-order valence-corrected chi connectivity index (χ1v) is 8.71. The van der Waals surface area contributed by atoms with Gasteiger partial charge in [-0.25, -0.2) is 4.52 Å². The van der Waals surface area contributed by atoms with E-state index in [-0.39, 0.29) is 5.91 Å². The average Bonchev–Trinajstić information content (AvgIpc) is 3.05. The van der Waals surface area contributed by atoms with Crippen LogP contribution in [0.3, 0.4) is 0 Å². The standard InChI is InChI=1S/C20H22N4O/c1-16-5-7-17(8-6-16)20(25)23-12-10-22(11-13-23)15-18-14-19-4-2-3-9-24(19)21-18/h2-9,14H,10-13,15H2,1H3. The van der Waals surface area contributed by atoms with Gasteiger partial charge >= 0.3 is 0 Å². The first-order valence-electron chi connectivity index (χ1n) is 8.71. The van der Waals surface area contributed by atoms with Gasteiger partial charge in [0.25, 0.3) is 5.91 Å². The number of pyridine rings is 1. The molecule has 1 aromatic carbocycles. The lowest BCUT2D eigenvalue weighted by Gasteiger charge is -2.34. The van der Waals surface area contributed by atoms with E-state index < -0.39 is 0 Å². The summed E-state index contributed by atoms with van der Waals surface area (Å²) in [6.45, 7) is 6.15. The van der Waals surface area contributed by atoms with Crippen LogP contribution in [0.15, 0.2) is 54.7 Å². The molecular formula is C20H22N4O. The van der Waals surface area contributed by atoms with Gasteiger partial charge in [-0.15, -0.1) is 0 Å². The summed E-state index contributed by atoms with van der Waals surface area (Å²) in [6, 6.07) is 16.0. The molecule has 1 aliphatic heterocycles. The van der Waals surface area contributed by atoms with E-state index in [1.54, 1.807) is 0 Å². The third kappa shape index (κ3) is 3.42. The summed E-state index contributed by atoms with van der Waals surface area (Å²) >= 11 is 0. The number of carbonyl (C=O) groups excluding carboxylic acids is 1. The molecule has 5 heteroatoms. The van der Waals surface area contributed by atoms with E-state index in [0.717, 1.165) is 49.5 Å². The normalized spacial score (nSPS) is 15.6. The maximum atomic E-state index is 12.6. The van der Waals surface area contributed by atoms with Gasteiger partial charge in [-0.05, 0) is 37.3 Å². The number of aryl methyl sites for hydroxylation is 1. The Morgan fingerprint density at radius 3 is 2.52 bits per heavy atom. The van der Waals surface area contributed by atoms with Crippen molar-refractivity contribution in [2.24, 2.45) is 0 Å². The predicted molar refractivity (Wildman–Crippen MR) is 97.6 cm³/mol. The Balaban J connectivity index is 1.36. The van der Waals surface area contributed by atoms with Gasteiger partial charge in [0.05, 0.1) is 11.2 Å². The molecule has 5 nitrogen and oxygen atoms in total. The van der Waals surface area contributed by atoms with Crippen molar-refractivity contribution in [2.75, 3.05) is 26.2 Å². The van der Waals surface area contributed by atoms with Crippen LogP contribution in [-0.4, -0.2) is 51.5 Å². The molecule has 0 atom stereocenters. The predicted octanol–water partition coefficient (Wildman–Crippen LogP) is 2.60. The second-order valence-corrected chi connectivity index (χ2v) is 6.64. The van der Waals surface area contributed by atoms with Gasteiger partial charge in [0.2, 0.25) is 0 Å². The van der Waals surface area contributed by atoms with Crippen molar-refractivity contribution >= 4 is 11.4 Å². The third-order valence-corrected chi connectivity index (χ3v) is 4.76. The van der Waals surface area contributed by atoms with Crippen LogP contribution < -0.4 is 0 Å². The minimum absolute atomic E-state index is 0.132. The molecule has 4 rings (SSSR count). The SMILES string of the molecule is Cc1ccc(C(=O)N2CCN(Cc3cc4ccccn4n3)CC2)cc1. The Kier molecular flexibility index (Phi) is 4.24. The molecule has 1 saturated heterocycles. The molecule has 1 amide bonds. The molecule has 0 bridgehead atoms. The summed E-state index contributed by atoms with van der Waals surface area (Å²) in [7, 11) is 0. The maximum Gasteiger partial charge on any atom is 0.253 e. The molecule has 128 valence electrons. The van der Waals surface area contributed by atoms with Crippen LogP contribution in [0, 0.1) is 6.92 Å².